The monoisotopic (exact) mass is 268 g/mol. The smallest absolute Gasteiger partial charge is 0.354 e. The van der Waals surface area contributed by atoms with Crippen molar-refractivity contribution in [2.24, 2.45) is 10.7 Å². The summed E-state index contributed by atoms with van der Waals surface area (Å²) >= 11 is 0. The Bertz CT molecular complexity index is 602. The molecular weight excluding hydrogens is 258 g/mol. The molecule has 0 radical (unpaired) electrons. The van der Waals surface area contributed by atoms with Gasteiger partial charge >= 0.3 is 5.97 Å². The molecular formula is C11H10F2N4O2. The minimum absolute atomic E-state index is 0.0135. The number of carboxylic acid groups (broad SMARTS) is 1. The zero-order valence-corrected chi connectivity index (χ0v) is 9.68. The third kappa shape index (κ3) is 1.79. The van der Waals surface area contributed by atoms with Crippen molar-refractivity contribution in [3.63, 3.8) is 0 Å². The second-order valence-corrected chi connectivity index (χ2v) is 4.61. The van der Waals surface area contributed by atoms with Crippen molar-refractivity contribution >= 4 is 17.6 Å². The lowest BCUT2D eigenvalue weighted by Gasteiger charge is -2.29. The lowest BCUT2D eigenvalue weighted by atomic mass is 10.0. The number of pyridine rings is 1. The van der Waals surface area contributed by atoms with E-state index in [-0.39, 0.29) is 11.7 Å². The predicted molar refractivity (Wildman–Crippen MR) is 61.5 cm³/mol. The highest BCUT2D eigenvalue weighted by atomic mass is 19.3. The van der Waals surface area contributed by atoms with E-state index < -0.39 is 30.9 Å². The van der Waals surface area contributed by atoms with Crippen molar-refractivity contribution in [1.29, 1.82) is 0 Å². The molecule has 6 nitrogen and oxygen atoms in total. The Kier molecular flexibility index (Phi) is 2.25. The van der Waals surface area contributed by atoms with Gasteiger partial charge in [-0.25, -0.2) is 23.6 Å². The van der Waals surface area contributed by atoms with Crippen LogP contribution in [0, 0.1) is 0 Å². The average Bonchev–Trinajstić information content (AvgIpc) is 2.65. The third-order valence-electron chi connectivity index (χ3n) is 3.29. The summed E-state index contributed by atoms with van der Waals surface area (Å²) in [5.74, 6) is -4.06. The fourth-order valence-corrected chi connectivity index (χ4v) is 2.46. The molecule has 1 unspecified atom stereocenters. The maximum absolute atomic E-state index is 13.5. The molecule has 100 valence electrons. The minimum atomic E-state index is -2.86. The molecule has 0 aromatic carbocycles. The SMILES string of the molecule is NC1=Nc2cnc(C(=O)O)cc2C2CC(F)(F)CN12. The summed E-state index contributed by atoms with van der Waals surface area (Å²) in [7, 11) is 0. The van der Waals surface area contributed by atoms with Crippen LogP contribution in [0.2, 0.25) is 0 Å². The van der Waals surface area contributed by atoms with Crippen LogP contribution >= 0.6 is 0 Å². The van der Waals surface area contributed by atoms with Crippen LogP contribution in [0.25, 0.3) is 0 Å². The predicted octanol–water partition coefficient (Wildman–Crippen LogP) is 1.12. The van der Waals surface area contributed by atoms with E-state index >= 15 is 0 Å². The summed E-state index contributed by atoms with van der Waals surface area (Å²) < 4.78 is 27.0. The molecule has 1 saturated heterocycles. The van der Waals surface area contributed by atoms with Crippen LogP contribution in [0.5, 0.6) is 0 Å². The van der Waals surface area contributed by atoms with Crippen LogP contribution in [0.3, 0.4) is 0 Å². The molecule has 0 saturated carbocycles. The second-order valence-electron chi connectivity index (χ2n) is 4.61. The average molecular weight is 268 g/mol. The van der Waals surface area contributed by atoms with E-state index in [1.807, 2.05) is 0 Å². The Morgan fingerprint density at radius 2 is 2.32 bits per heavy atom. The number of carbonyl (C=O) groups is 1. The summed E-state index contributed by atoms with van der Waals surface area (Å²) in [6.45, 7) is -0.503. The highest BCUT2D eigenvalue weighted by Gasteiger charge is 2.48. The maximum Gasteiger partial charge on any atom is 0.354 e. The number of hydrogen-bond acceptors (Lipinski definition) is 5. The van der Waals surface area contributed by atoms with Gasteiger partial charge in [0.15, 0.2) is 5.96 Å². The number of halogens is 2. The molecule has 0 amide bonds. The van der Waals surface area contributed by atoms with E-state index in [9.17, 15) is 13.6 Å². The highest BCUT2D eigenvalue weighted by molar-refractivity contribution is 5.88. The first-order chi connectivity index (χ1) is 8.87. The summed E-state index contributed by atoms with van der Waals surface area (Å²) in [6.07, 6.45) is 0.846. The van der Waals surface area contributed by atoms with Crippen LogP contribution in [-0.2, 0) is 0 Å². The number of fused-ring (bicyclic) bond motifs is 3. The molecule has 1 aromatic heterocycles. The van der Waals surface area contributed by atoms with Crippen molar-refractivity contribution in [3.05, 3.63) is 23.5 Å². The van der Waals surface area contributed by atoms with E-state index in [1.165, 1.54) is 17.2 Å². The molecule has 19 heavy (non-hydrogen) atoms. The lowest BCUT2D eigenvalue weighted by molar-refractivity contribution is 0.0164. The van der Waals surface area contributed by atoms with E-state index in [4.69, 9.17) is 10.8 Å². The van der Waals surface area contributed by atoms with Crippen LogP contribution < -0.4 is 5.73 Å². The molecule has 8 heteroatoms. The van der Waals surface area contributed by atoms with Crippen LogP contribution in [0.4, 0.5) is 14.5 Å². The van der Waals surface area contributed by atoms with E-state index in [2.05, 4.69) is 9.98 Å². The molecule has 3 rings (SSSR count). The number of rotatable bonds is 1. The summed E-state index contributed by atoms with van der Waals surface area (Å²) in [5.41, 5.74) is 6.24. The normalized spacial score (nSPS) is 23.6. The number of aromatic carboxylic acids is 1. The minimum Gasteiger partial charge on any atom is -0.477 e. The van der Waals surface area contributed by atoms with Gasteiger partial charge in [0, 0.05) is 12.0 Å². The fraction of sp³-hybridized carbons (Fsp3) is 0.364. The van der Waals surface area contributed by atoms with E-state index in [1.54, 1.807) is 0 Å². The van der Waals surface area contributed by atoms with Gasteiger partial charge in [-0.1, -0.05) is 0 Å². The van der Waals surface area contributed by atoms with Gasteiger partial charge in [0.2, 0.25) is 0 Å². The molecule has 1 aromatic rings. The number of alkyl halides is 2. The number of hydrogen-bond donors (Lipinski definition) is 2. The van der Waals surface area contributed by atoms with Gasteiger partial charge in [-0.15, -0.1) is 0 Å². The Balaban J connectivity index is 2.11. The number of nitrogens with two attached hydrogens (primary N) is 1. The largest absolute Gasteiger partial charge is 0.477 e. The van der Waals surface area contributed by atoms with Crippen LogP contribution in [-0.4, -0.2) is 39.4 Å². The summed E-state index contributed by atoms with van der Waals surface area (Å²) in [4.78, 5) is 19.9. The number of aromatic nitrogens is 1. The van der Waals surface area contributed by atoms with Gasteiger partial charge in [0.1, 0.15) is 5.69 Å². The molecule has 0 spiro atoms. The van der Waals surface area contributed by atoms with Gasteiger partial charge in [0.05, 0.1) is 24.5 Å². The second kappa shape index (κ2) is 3.62. The van der Waals surface area contributed by atoms with Gasteiger partial charge in [-0.2, -0.15) is 0 Å². The number of nitrogens with zero attached hydrogens (tertiary/aromatic N) is 3. The molecule has 3 heterocycles. The van der Waals surface area contributed by atoms with Gasteiger partial charge in [0.25, 0.3) is 5.92 Å². The topological polar surface area (TPSA) is 91.8 Å². The zero-order valence-electron chi connectivity index (χ0n) is 9.68. The number of aliphatic imine (C=N–C) groups is 1. The Hall–Kier alpha value is -2.25. The molecule has 1 atom stereocenters. The highest BCUT2D eigenvalue weighted by Crippen LogP contribution is 2.45. The Morgan fingerprint density at radius 1 is 1.58 bits per heavy atom. The molecule has 2 aliphatic heterocycles. The van der Waals surface area contributed by atoms with Crippen molar-refractivity contribution in [3.8, 4) is 0 Å². The van der Waals surface area contributed by atoms with Crippen LogP contribution in [0.15, 0.2) is 17.3 Å². The maximum atomic E-state index is 13.5. The number of guanidine groups is 1. The fourth-order valence-electron chi connectivity index (χ4n) is 2.46. The molecule has 0 aliphatic carbocycles. The molecule has 1 fully saturated rings. The van der Waals surface area contributed by atoms with Crippen molar-refractivity contribution < 1.29 is 18.7 Å². The van der Waals surface area contributed by atoms with Crippen molar-refractivity contribution in [2.75, 3.05) is 6.54 Å². The van der Waals surface area contributed by atoms with Gasteiger partial charge in [-0.3, -0.25) is 0 Å². The molecule has 0 bridgehead atoms. The summed E-state index contributed by atoms with van der Waals surface area (Å²) in [5, 5.41) is 8.90. The van der Waals surface area contributed by atoms with Gasteiger partial charge < -0.3 is 15.7 Å². The van der Waals surface area contributed by atoms with Crippen LogP contribution in [0.1, 0.15) is 28.5 Å². The first-order valence-electron chi connectivity index (χ1n) is 5.59. The Morgan fingerprint density at radius 3 is 3.00 bits per heavy atom. The van der Waals surface area contributed by atoms with E-state index in [0.717, 1.165) is 0 Å². The molecule has 3 N–H and O–H groups in total. The number of carboxylic acids is 1. The third-order valence-corrected chi connectivity index (χ3v) is 3.29. The quantitative estimate of drug-likeness (QED) is 0.796. The lowest BCUT2D eigenvalue weighted by Crippen LogP contribution is -2.40. The van der Waals surface area contributed by atoms with Crippen molar-refractivity contribution in [2.45, 2.75) is 18.4 Å². The first-order valence-corrected chi connectivity index (χ1v) is 5.59. The zero-order chi connectivity index (χ0) is 13.8. The van der Waals surface area contributed by atoms with Crippen molar-refractivity contribution in [1.82, 2.24) is 9.88 Å². The summed E-state index contributed by atoms with van der Waals surface area (Å²) in [6, 6.07) is 0.635. The first kappa shape index (κ1) is 11.8. The van der Waals surface area contributed by atoms with E-state index in [0.29, 0.717) is 11.3 Å². The van der Waals surface area contributed by atoms with Gasteiger partial charge in [-0.05, 0) is 6.07 Å². The molecule has 2 aliphatic rings. The Labute approximate surface area is 106 Å². The standard InChI is InChI=1S/C11H10F2N4O2/c12-11(13)2-8-5-1-6(9(18)19)15-3-7(5)16-10(14)17(8)4-11/h1,3,8H,2,4H2,(H2,14,16)(H,18,19).